The van der Waals surface area contributed by atoms with Crippen LogP contribution in [0.1, 0.15) is 18.6 Å². The zero-order chi connectivity index (χ0) is 10.6. The molecule has 0 saturated heterocycles. The van der Waals surface area contributed by atoms with Crippen LogP contribution in [-0.4, -0.2) is 14.2 Å². The third-order valence-electron chi connectivity index (χ3n) is 2.08. The third-order valence-corrected chi connectivity index (χ3v) is 2.08. The van der Waals surface area contributed by atoms with Crippen molar-refractivity contribution in [3.05, 3.63) is 23.8 Å². The SMILES string of the molecule is COc1ccc(C(C)ON)c(OC)c1. The van der Waals surface area contributed by atoms with Crippen molar-refractivity contribution in [1.29, 1.82) is 0 Å². The number of nitrogens with two attached hydrogens (primary N) is 1. The van der Waals surface area contributed by atoms with Crippen LogP contribution in [0.25, 0.3) is 0 Å². The minimum absolute atomic E-state index is 0.198. The zero-order valence-corrected chi connectivity index (χ0v) is 8.61. The highest BCUT2D eigenvalue weighted by atomic mass is 16.6. The summed E-state index contributed by atoms with van der Waals surface area (Å²) in [5.41, 5.74) is 0.899. The van der Waals surface area contributed by atoms with E-state index in [1.807, 2.05) is 19.1 Å². The lowest BCUT2D eigenvalue weighted by Gasteiger charge is -2.14. The van der Waals surface area contributed by atoms with Gasteiger partial charge >= 0.3 is 0 Å². The molecular formula is C10H15NO3. The fourth-order valence-electron chi connectivity index (χ4n) is 1.23. The van der Waals surface area contributed by atoms with E-state index in [9.17, 15) is 0 Å². The van der Waals surface area contributed by atoms with Gasteiger partial charge in [0.1, 0.15) is 17.6 Å². The van der Waals surface area contributed by atoms with Crippen LogP contribution in [0.3, 0.4) is 0 Å². The molecule has 14 heavy (non-hydrogen) atoms. The van der Waals surface area contributed by atoms with E-state index in [4.69, 9.17) is 20.2 Å². The summed E-state index contributed by atoms with van der Waals surface area (Å²) in [4.78, 5) is 4.73. The molecule has 4 heteroatoms. The van der Waals surface area contributed by atoms with Crippen LogP contribution in [-0.2, 0) is 4.84 Å². The van der Waals surface area contributed by atoms with Crippen LogP contribution in [0, 0.1) is 0 Å². The highest BCUT2D eigenvalue weighted by Gasteiger charge is 2.11. The number of benzene rings is 1. The van der Waals surface area contributed by atoms with Gasteiger partial charge in [0, 0.05) is 11.6 Å². The standard InChI is InChI=1S/C10H15NO3/c1-7(14-11)9-5-4-8(12-2)6-10(9)13-3/h4-7H,11H2,1-3H3. The van der Waals surface area contributed by atoms with E-state index in [1.165, 1.54) is 0 Å². The summed E-state index contributed by atoms with van der Waals surface area (Å²) in [6.07, 6.45) is -0.198. The molecule has 0 amide bonds. The Morgan fingerprint density at radius 3 is 2.43 bits per heavy atom. The van der Waals surface area contributed by atoms with E-state index < -0.39 is 0 Å². The summed E-state index contributed by atoms with van der Waals surface area (Å²) in [7, 11) is 3.21. The number of ether oxygens (including phenoxy) is 2. The average molecular weight is 197 g/mol. The molecule has 0 aliphatic heterocycles. The van der Waals surface area contributed by atoms with Gasteiger partial charge in [-0.05, 0) is 19.1 Å². The molecule has 1 aromatic rings. The molecule has 78 valence electrons. The lowest BCUT2D eigenvalue weighted by molar-refractivity contribution is 0.0645. The largest absolute Gasteiger partial charge is 0.497 e. The minimum Gasteiger partial charge on any atom is -0.497 e. The van der Waals surface area contributed by atoms with Crippen molar-refractivity contribution in [3.8, 4) is 11.5 Å². The van der Waals surface area contributed by atoms with Gasteiger partial charge in [-0.1, -0.05) is 0 Å². The molecule has 0 bridgehead atoms. The first kappa shape index (κ1) is 10.8. The van der Waals surface area contributed by atoms with Crippen LogP contribution in [0.4, 0.5) is 0 Å². The van der Waals surface area contributed by atoms with E-state index in [2.05, 4.69) is 0 Å². The maximum atomic E-state index is 5.20. The van der Waals surface area contributed by atoms with Crippen molar-refractivity contribution in [2.75, 3.05) is 14.2 Å². The summed E-state index contributed by atoms with van der Waals surface area (Å²) < 4.78 is 10.3. The van der Waals surface area contributed by atoms with Crippen molar-refractivity contribution in [1.82, 2.24) is 0 Å². The first-order valence-corrected chi connectivity index (χ1v) is 4.30. The quantitative estimate of drug-likeness (QED) is 0.746. The predicted octanol–water partition coefficient (Wildman–Crippen LogP) is 1.66. The molecule has 0 aliphatic carbocycles. The first-order valence-electron chi connectivity index (χ1n) is 4.30. The second kappa shape index (κ2) is 4.83. The molecule has 4 nitrogen and oxygen atoms in total. The van der Waals surface area contributed by atoms with Crippen LogP contribution in [0.15, 0.2) is 18.2 Å². The molecule has 0 saturated carbocycles. The number of methoxy groups -OCH3 is 2. The Balaban J connectivity index is 3.04. The molecule has 0 aliphatic rings. The molecule has 0 heterocycles. The minimum atomic E-state index is -0.198. The summed E-state index contributed by atoms with van der Waals surface area (Å²) in [5.74, 6) is 6.57. The maximum absolute atomic E-state index is 5.20. The number of rotatable bonds is 4. The Bertz CT molecular complexity index is 301. The maximum Gasteiger partial charge on any atom is 0.128 e. The van der Waals surface area contributed by atoms with Crippen LogP contribution in [0.2, 0.25) is 0 Å². The predicted molar refractivity (Wildman–Crippen MR) is 53.2 cm³/mol. The summed E-state index contributed by atoms with van der Waals surface area (Å²) in [6.45, 7) is 1.85. The molecule has 0 spiro atoms. The van der Waals surface area contributed by atoms with Crippen molar-refractivity contribution in [2.45, 2.75) is 13.0 Å². The zero-order valence-electron chi connectivity index (χ0n) is 8.61. The summed E-state index contributed by atoms with van der Waals surface area (Å²) >= 11 is 0. The summed E-state index contributed by atoms with van der Waals surface area (Å²) in [5, 5.41) is 0. The molecule has 1 aromatic carbocycles. The Morgan fingerprint density at radius 2 is 1.93 bits per heavy atom. The van der Waals surface area contributed by atoms with Crippen molar-refractivity contribution < 1.29 is 14.3 Å². The molecular weight excluding hydrogens is 182 g/mol. The van der Waals surface area contributed by atoms with E-state index >= 15 is 0 Å². The normalized spacial score (nSPS) is 12.3. The van der Waals surface area contributed by atoms with Gasteiger partial charge in [-0.2, -0.15) is 0 Å². The van der Waals surface area contributed by atoms with Crippen LogP contribution < -0.4 is 15.4 Å². The van der Waals surface area contributed by atoms with E-state index in [-0.39, 0.29) is 6.10 Å². The van der Waals surface area contributed by atoms with Gasteiger partial charge in [0.2, 0.25) is 0 Å². The number of hydrogen-bond donors (Lipinski definition) is 1. The van der Waals surface area contributed by atoms with Gasteiger partial charge in [0.05, 0.1) is 14.2 Å². The second-order valence-corrected chi connectivity index (χ2v) is 2.89. The lowest BCUT2D eigenvalue weighted by Crippen LogP contribution is -2.07. The van der Waals surface area contributed by atoms with Gasteiger partial charge in [0.25, 0.3) is 0 Å². The highest BCUT2D eigenvalue weighted by Crippen LogP contribution is 2.30. The highest BCUT2D eigenvalue weighted by molar-refractivity contribution is 5.41. The van der Waals surface area contributed by atoms with E-state index in [1.54, 1.807) is 20.3 Å². The van der Waals surface area contributed by atoms with Crippen molar-refractivity contribution >= 4 is 0 Å². The topological polar surface area (TPSA) is 53.7 Å². The Labute approximate surface area is 83.5 Å². The Morgan fingerprint density at radius 1 is 1.21 bits per heavy atom. The van der Waals surface area contributed by atoms with Crippen LogP contribution in [0.5, 0.6) is 11.5 Å². The second-order valence-electron chi connectivity index (χ2n) is 2.89. The molecule has 0 aromatic heterocycles. The van der Waals surface area contributed by atoms with Crippen molar-refractivity contribution in [3.63, 3.8) is 0 Å². The average Bonchev–Trinajstić information content (AvgIpc) is 2.27. The van der Waals surface area contributed by atoms with E-state index in [0.717, 1.165) is 11.3 Å². The van der Waals surface area contributed by atoms with Gasteiger partial charge in [0.15, 0.2) is 0 Å². The fourth-order valence-corrected chi connectivity index (χ4v) is 1.23. The molecule has 2 N–H and O–H groups in total. The molecule has 1 atom stereocenters. The molecule has 1 rings (SSSR count). The van der Waals surface area contributed by atoms with Gasteiger partial charge in [-0.25, -0.2) is 5.90 Å². The van der Waals surface area contributed by atoms with E-state index in [0.29, 0.717) is 5.75 Å². The molecule has 0 radical (unpaired) electrons. The van der Waals surface area contributed by atoms with Crippen molar-refractivity contribution in [2.24, 2.45) is 5.90 Å². The third kappa shape index (κ3) is 2.16. The van der Waals surface area contributed by atoms with Gasteiger partial charge in [-0.15, -0.1) is 0 Å². The lowest BCUT2D eigenvalue weighted by atomic mass is 10.1. The van der Waals surface area contributed by atoms with Gasteiger partial charge in [-0.3, -0.25) is 4.84 Å². The first-order chi connectivity index (χ1) is 6.72. The number of hydrogen-bond acceptors (Lipinski definition) is 4. The Hall–Kier alpha value is -1.26. The fraction of sp³-hybridized carbons (Fsp3) is 0.400. The molecule has 1 unspecified atom stereocenters. The smallest absolute Gasteiger partial charge is 0.128 e. The Kier molecular flexibility index (Phi) is 3.73. The summed E-state index contributed by atoms with van der Waals surface area (Å²) in [6, 6.07) is 5.51. The van der Waals surface area contributed by atoms with Gasteiger partial charge < -0.3 is 9.47 Å². The van der Waals surface area contributed by atoms with Crippen LogP contribution >= 0.6 is 0 Å². The molecule has 0 fully saturated rings. The monoisotopic (exact) mass is 197 g/mol.